The van der Waals surface area contributed by atoms with E-state index in [9.17, 15) is 19.2 Å². The lowest BCUT2D eigenvalue weighted by molar-refractivity contribution is -0.160. The van der Waals surface area contributed by atoms with Crippen LogP contribution in [0.2, 0.25) is 0 Å². The number of nitrogens with two attached hydrogens (primary N) is 1. The SMILES string of the molecule is NC(=O)CCC(C(=O)O)N1C(=O)CCCC1=O. The van der Waals surface area contributed by atoms with Gasteiger partial charge in [-0.3, -0.25) is 19.3 Å². The number of piperidine rings is 1. The third-order valence-corrected chi connectivity index (χ3v) is 2.58. The zero-order valence-corrected chi connectivity index (χ0v) is 9.22. The summed E-state index contributed by atoms with van der Waals surface area (Å²) in [5, 5.41) is 8.98. The summed E-state index contributed by atoms with van der Waals surface area (Å²) in [5.74, 6) is -2.96. The van der Waals surface area contributed by atoms with Crippen LogP contribution in [0.25, 0.3) is 0 Å². The largest absolute Gasteiger partial charge is 0.480 e. The van der Waals surface area contributed by atoms with Gasteiger partial charge in [-0.15, -0.1) is 0 Å². The number of carbonyl (C=O) groups is 4. The van der Waals surface area contributed by atoms with Crippen LogP contribution in [0, 0.1) is 0 Å². The molecular weight excluding hydrogens is 228 g/mol. The van der Waals surface area contributed by atoms with Gasteiger partial charge in [0.2, 0.25) is 17.7 Å². The second-order valence-corrected chi connectivity index (χ2v) is 3.87. The maximum atomic E-state index is 11.5. The average Bonchev–Trinajstić information content (AvgIpc) is 2.21. The highest BCUT2D eigenvalue weighted by Crippen LogP contribution is 2.18. The third-order valence-electron chi connectivity index (χ3n) is 2.58. The summed E-state index contributed by atoms with van der Waals surface area (Å²) in [5.41, 5.74) is 4.92. The van der Waals surface area contributed by atoms with E-state index in [4.69, 9.17) is 10.8 Å². The van der Waals surface area contributed by atoms with E-state index in [1.807, 2.05) is 0 Å². The Morgan fingerprint density at radius 3 is 2.24 bits per heavy atom. The van der Waals surface area contributed by atoms with Crippen LogP contribution in [0.1, 0.15) is 32.1 Å². The monoisotopic (exact) mass is 242 g/mol. The van der Waals surface area contributed by atoms with E-state index in [0.29, 0.717) is 6.42 Å². The molecule has 0 bridgehead atoms. The second-order valence-electron chi connectivity index (χ2n) is 3.87. The fourth-order valence-electron chi connectivity index (χ4n) is 1.76. The van der Waals surface area contributed by atoms with E-state index in [1.165, 1.54) is 0 Å². The lowest BCUT2D eigenvalue weighted by Gasteiger charge is -2.30. The third kappa shape index (κ3) is 3.27. The minimum absolute atomic E-state index is 0.137. The van der Waals surface area contributed by atoms with Gasteiger partial charge in [-0.1, -0.05) is 0 Å². The minimum Gasteiger partial charge on any atom is -0.480 e. The zero-order chi connectivity index (χ0) is 13.0. The molecule has 0 radical (unpaired) electrons. The Balaban J connectivity index is 2.80. The smallest absolute Gasteiger partial charge is 0.326 e. The van der Waals surface area contributed by atoms with E-state index in [0.717, 1.165) is 4.90 Å². The van der Waals surface area contributed by atoms with E-state index in [-0.39, 0.29) is 25.7 Å². The molecule has 0 aromatic rings. The van der Waals surface area contributed by atoms with Crippen LogP contribution in [0.3, 0.4) is 0 Å². The molecule has 94 valence electrons. The molecule has 7 heteroatoms. The summed E-state index contributed by atoms with van der Waals surface area (Å²) >= 11 is 0. The van der Waals surface area contributed by atoms with Crippen LogP contribution in [-0.2, 0) is 19.2 Å². The molecule has 0 aromatic heterocycles. The molecule has 7 nitrogen and oxygen atoms in total. The van der Waals surface area contributed by atoms with Gasteiger partial charge in [0, 0.05) is 19.3 Å². The average molecular weight is 242 g/mol. The predicted octanol–water partition coefficient (Wildman–Crippen LogP) is -0.756. The number of hydrogen-bond acceptors (Lipinski definition) is 4. The first kappa shape index (κ1) is 13.1. The molecular formula is C10H14N2O5. The van der Waals surface area contributed by atoms with Crippen LogP contribution in [0.4, 0.5) is 0 Å². The van der Waals surface area contributed by atoms with Gasteiger partial charge < -0.3 is 10.8 Å². The van der Waals surface area contributed by atoms with Crippen molar-refractivity contribution in [3.8, 4) is 0 Å². The van der Waals surface area contributed by atoms with Gasteiger partial charge in [0.25, 0.3) is 0 Å². The maximum absolute atomic E-state index is 11.5. The topological polar surface area (TPSA) is 118 Å². The van der Waals surface area contributed by atoms with Gasteiger partial charge in [0.15, 0.2) is 0 Å². The Kier molecular flexibility index (Phi) is 4.19. The number of carbonyl (C=O) groups excluding carboxylic acids is 3. The van der Waals surface area contributed by atoms with Crippen molar-refractivity contribution in [2.75, 3.05) is 0 Å². The Bertz CT molecular complexity index is 350. The van der Waals surface area contributed by atoms with Gasteiger partial charge in [-0.25, -0.2) is 4.79 Å². The molecule has 0 aromatic carbocycles. The number of aliphatic carboxylic acids is 1. The summed E-state index contributed by atoms with van der Waals surface area (Å²) < 4.78 is 0. The minimum atomic E-state index is -1.30. The Hall–Kier alpha value is -1.92. The van der Waals surface area contributed by atoms with Gasteiger partial charge >= 0.3 is 5.97 Å². The second kappa shape index (κ2) is 5.42. The van der Waals surface area contributed by atoms with Crippen LogP contribution >= 0.6 is 0 Å². The van der Waals surface area contributed by atoms with Crippen LogP contribution in [0.15, 0.2) is 0 Å². The number of carboxylic acids is 1. The molecule has 1 unspecified atom stereocenters. The van der Waals surface area contributed by atoms with Crippen molar-refractivity contribution in [3.05, 3.63) is 0 Å². The van der Waals surface area contributed by atoms with E-state index in [1.54, 1.807) is 0 Å². The van der Waals surface area contributed by atoms with Gasteiger partial charge in [0.1, 0.15) is 6.04 Å². The van der Waals surface area contributed by atoms with Crippen molar-refractivity contribution in [3.63, 3.8) is 0 Å². The molecule has 0 saturated carbocycles. The molecule has 1 aliphatic heterocycles. The van der Waals surface area contributed by atoms with Crippen LogP contribution in [-0.4, -0.2) is 39.7 Å². The van der Waals surface area contributed by atoms with Crippen LogP contribution < -0.4 is 5.73 Å². The Morgan fingerprint density at radius 1 is 1.29 bits per heavy atom. The van der Waals surface area contributed by atoms with Gasteiger partial charge in [0.05, 0.1) is 0 Å². The number of primary amides is 1. The van der Waals surface area contributed by atoms with Gasteiger partial charge in [-0.05, 0) is 12.8 Å². The number of nitrogens with zero attached hydrogens (tertiary/aromatic N) is 1. The van der Waals surface area contributed by atoms with E-state index < -0.39 is 29.7 Å². The molecule has 3 N–H and O–H groups in total. The first-order valence-corrected chi connectivity index (χ1v) is 5.29. The van der Waals surface area contributed by atoms with Gasteiger partial charge in [-0.2, -0.15) is 0 Å². The normalized spacial score (nSPS) is 18.0. The van der Waals surface area contributed by atoms with Crippen LogP contribution in [0.5, 0.6) is 0 Å². The Labute approximate surface area is 97.6 Å². The molecule has 1 rings (SSSR count). The highest BCUT2D eigenvalue weighted by Gasteiger charge is 2.36. The number of amides is 3. The molecule has 1 fully saturated rings. The van der Waals surface area contributed by atoms with E-state index >= 15 is 0 Å². The first-order valence-electron chi connectivity index (χ1n) is 5.29. The molecule has 3 amide bonds. The van der Waals surface area contributed by atoms with E-state index in [2.05, 4.69) is 0 Å². The quantitative estimate of drug-likeness (QED) is 0.614. The number of imide groups is 1. The molecule has 1 atom stereocenters. The lowest BCUT2D eigenvalue weighted by Crippen LogP contribution is -2.50. The Morgan fingerprint density at radius 2 is 1.82 bits per heavy atom. The fourth-order valence-corrected chi connectivity index (χ4v) is 1.76. The standard InChI is InChI=1S/C10H14N2O5/c11-7(13)5-4-6(10(16)17)12-8(14)2-1-3-9(12)15/h6H,1-5H2,(H2,11,13)(H,16,17). The molecule has 1 saturated heterocycles. The fraction of sp³-hybridized carbons (Fsp3) is 0.600. The molecule has 0 spiro atoms. The molecule has 1 aliphatic rings. The summed E-state index contributed by atoms with van der Waals surface area (Å²) in [6.45, 7) is 0. The highest BCUT2D eigenvalue weighted by molar-refractivity contribution is 6.01. The predicted molar refractivity (Wildman–Crippen MR) is 55.6 cm³/mol. The van der Waals surface area contributed by atoms with Crippen molar-refractivity contribution in [1.29, 1.82) is 0 Å². The van der Waals surface area contributed by atoms with Crippen molar-refractivity contribution in [2.24, 2.45) is 5.73 Å². The number of carboxylic acid groups (broad SMARTS) is 1. The van der Waals surface area contributed by atoms with Crippen molar-refractivity contribution in [2.45, 2.75) is 38.1 Å². The number of hydrogen-bond donors (Lipinski definition) is 2. The highest BCUT2D eigenvalue weighted by atomic mass is 16.4. The number of rotatable bonds is 5. The summed E-state index contributed by atoms with van der Waals surface area (Å²) in [7, 11) is 0. The first-order chi connectivity index (χ1) is 7.93. The molecule has 17 heavy (non-hydrogen) atoms. The summed E-state index contributed by atoms with van der Waals surface area (Å²) in [6, 6.07) is -1.29. The summed E-state index contributed by atoms with van der Waals surface area (Å²) in [6.07, 6.45) is 0.449. The molecule has 1 heterocycles. The summed E-state index contributed by atoms with van der Waals surface area (Å²) in [4.78, 5) is 45.4. The number of likely N-dealkylation sites (tertiary alicyclic amines) is 1. The molecule has 0 aliphatic carbocycles. The van der Waals surface area contributed by atoms with Crippen molar-refractivity contribution < 1.29 is 24.3 Å². The zero-order valence-electron chi connectivity index (χ0n) is 9.22. The lowest BCUT2D eigenvalue weighted by atomic mass is 10.0. The van der Waals surface area contributed by atoms with Crippen molar-refractivity contribution in [1.82, 2.24) is 4.90 Å². The maximum Gasteiger partial charge on any atom is 0.326 e. The van der Waals surface area contributed by atoms with Crippen molar-refractivity contribution >= 4 is 23.7 Å².